The van der Waals surface area contributed by atoms with Crippen molar-refractivity contribution in [3.05, 3.63) is 23.3 Å². The van der Waals surface area contributed by atoms with Crippen LogP contribution in [0.2, 0.25) is 0 Å². The average molecular weight is 633 g/mol. The lowest BCUT2D eigenvalue weighted by Crippen LogP contribution is -2.56. The molecular formula is C41H64N2O3. The van der Waals surface area contributed by atoms with E-state index in [2.05, 4.69) is 59.9 Å². The molecule has 0 saturated heterocycles. The SMILES string of the molecule is CC(=O)/C=C1/[C@@]2(C)C=C(C#N)C(=O)C(C)(C)[C@@H]2CC[C@@]1(C)C(C)(C)CC[C@@]1(CCC(=O)NC2CCCCC2)CCC(C)(C)CC1C. The second-order valence-corrected chi connectivity index (χ2v) is 18.5. The number of rotatable bonds is 9. The third-order valence-corrected chi connectivity index (χ3v) is 14.2. The topological polar surface area (TPSA) is 87.0 Å². The van der Waals surface area contributed by atoms with Gasteiger partial charge in [-0.15, -0.1) is 0 Å². The van der Waals surface area contributed by atoms with Crippen LogP contribution in [0.4, 0.5) is 0 Å². The lowest BCUT2D eigenvalue weighted by atomic mass is 9.42. The Balaban J connectivity index is 1.64. The molecule has 4 aliphatic carbocycles. The van der Waals surface area contributed by atoms with Crippen molar-refractivity contribution in [1.29, 1.82) is 5.26 Å². The zero-order valence-electron chi connectivity index (χ0n) is 31.0. The molecule has 0 spiro atoms. The fourth-order valence-corrected chi connectivity index (χ4v) is 10.7. The van der Waals surface area contributed by atoms with Gasteiger partial charge in [0.2, 0.25) is 5.91 Å². The van der Waals surface area contributed by atoms with Crippen LogP contribution in [-0.2, 0) is 14.4 Å². The molecule has 0 aromatic rings. The van der Waals surface area contributed by atoms with Gasteiger partial charge in [-0.3, -0.25) is 14.4 Å². The van der Waals surface area contributed by atoms with E-state index in [0.717, 1.165) is 56.9 Å². The van der Waals surface area contributed by atoms with Crippen LogP contribution in [0, 0.1) is 55.7 Å². The van der Waals surface area contributed by atoms with Crippen molar-refractivity contribution in [3.63, 3.8) is 0 Å². The highest BCUT2D eigenvalue weighted by Gasteiger charge is 2.61. The number of nitrogens with zero attached hydrogens (tertiary/aromatic N) is 1. The van der Waals surface area contributed by atoms with Crippen LogP contribution in [0.5, 0.6) is 0 Å². The molecule has 0 radical (unpaired) electrons. The van der Waals surface area contributed by atoms with E-state index >= 15 is 0 Å². The van der Waals surface area contributed by atoms with Gasteiger partial charge in [0.05, 0.1) is 5.57 Å². The van der Waals surface area contributed by atoms with Crippen molar-refractivity contribution in [1.82, 2.24) is 5.32 Å². The van der Waals surface area contributed by atoms with Crippen molar-refractivity contribution in [2.45, 2.75) is 165 Å². The maximum Gasteiger partial charge on any atom is 0.220 e. The molecule has 5 nitrogen and oxygen atoms in total. The summed E-state index contributed by atoms with van der Waals surface area (Å²) in [4.78, 5) is 39.5. The third kappa shape index (κ3) is 6.84. The minimum atomic E-state index is -0.678. The number of nitriles is 1. The Hall–Kier alpha value is -2.22. The van der Waals surface area contributed by atoms with Crippen LogP contribution in [0.1, 0.15) is 159 Å². The minimum Gasteiger partial charge on any atom is -0.353 e. The van der Waals surface area contributed by atoms with E-state index in [-0.39, 0.29) is 45.2 Å². The maximum atomic E-state index is 13.4. The molecule has 1 unspecified atom stereocenters. The van der Waals surface area contributed by atoms with Crippen LogP contribution < -0.4 is 5.32 Å². The summed E-state index contributed by atoms with van der Waals surface area (Å²) in [7, 11) is 0. The molecule has 4 aliphatic rings. The van der Waals surface area contributed by atoms with E-state index in [1.165, 1.54) is 32.1 Å². The number of nitrogens with one attached hydrogen (secondary N) is 1. The summed E-state index contributed by atoms with van der Waals surface area (Å²) in [5, 5.41) is 13.4. The largest absolute Gasteiger partial charge is 0.353 e. The Kier molecular flexibility index (Phi) is 10.4. The summed E-state index contributed by atoms with van der Waals surface area (Å²) in [6.07, 6.45) is 18.5. The summed E-state index contributed by atoms with van der Waals surface area (Å²) in [6, 6.07) is 2.55. The van der Waals surface area contributed by atoms with E-state index in [1.807, 2.05) is 26.0 Å². The van der Waals surface area contributed by atoms with Gasteiger partial charge in [0, 0.05) is 23.3 Å². The molecular weight excluding hydrogens is 568 g/mol. The zero-order chi connectivity index (χ0) is 34.3. The lowest BCUT2D eigenvalue weighted by molar-refractivity contribution is -0.131. The van der Waals surface area contributed by atoms with Crippen molar-refractivity contribution >= 4 is 17.5 Å². The number of carbonyl (C=O) groups excluding carboxylic acids is 3. The molecule has 1 amide bonds. The van der Waals surface area contributed by atoms with Gasteiger partial charge in [-0.25, -0.2) is 0 Å². The van der Waals surface area contributed by atoms with Crippen LogP contribution in [0.25, 0.3) is 0 Å². The fourth-order valence-electron chi connectivity index (χ4n) is 10.7. The third-order valence-electron chi connectivity index (χ3n) is 14.2. The van der Waals surface area contributed by atoms with Crippen molar-refractivity contribution in [3.8, 4) is 6.07 Å². The molecule has 5 heteroatoms. The number of amides is 1. The fraction of sp³-hybridized carbons (Fsp3) is 0.805. The van der Waals surface area contributed by atoms with E-state index in [1.54, 1.807) is 6.92 Å². The first-order chi connectivity index (χ1) is 21.2. The molecule has 0 aliphatic heterocycles. The first kappa shape index (κ1) is 36.6. The molecule has 256 valence electrons. The summed E-state index contributed by atoms with van der Waals surface area (Å²) in [5.74, 6) is 0.708. The molecule has 0 aromatic carbocycles. The van der Waals surface area contributed by atoms with Gasteiger partial charge in [0.15, 0.2) is 11.6 Å². The van der Waals surface area contributed by atoms with Gasteiger partial charge >= 0.3 is 0 Å². The first-order valence-electron chi connectivity index (χ1n) is 18.4. The van der Waals surface area contributed by atoms with Crippen LogP contribution in [0.15, 0.2) is 23.3 Å². The molecule has 3 saturated carbocycles. The molecule has 46 heavy (non-hydrogen) atoms. The molecule has 0 heterocycles. The number of Topliss-reactive ketones (excluding diaryl/α,β-unsaturated/α-hetero) is 1. The predicted octanol–water partition coefficient (Wildman–Crippen LogP) is 9.85. The molecule has 0 bridgehead atoms. The molecule has 1 N–H and O–H groups in total. The molecule has 3 fully saturated rings. The van der Waals surface area contributed by atoms with Gasteiger partial charge < -0.3 is 5.32 Å². The Morgan fingerprint density at radius 3 is 2.24 bits per heavy atom. The normalized spacial score (nSPS) is 35.5. The predicted molar refractivity (Wildman–Crippen MR) is 187 cm³/mol. The summed E-state index contributed by atoms with van der Waals surface area (Å²) < 4.78 is 0. The van der Waals surface area contributed by atoms with Crippen LogP contribution >= 0.6 is 0 Å². The number of fused-ring (bicyclic) bond motifs is 1. The summed E-state index contributed by atoms with van der Waals surface area (Å²) in [5.41, 5.74) is 0.0381. The van der Waals surface area contributed by atoms with Gasteiger partial charge in [-0.1, -0.05) is 93.2 Å². The van der Waals surface area contributed by atoms with Crippen molar-refractivity contribution < 1.29 is 14.4 Å². The highest BCUT2D eigenvalue weighted by atomic mass is 16.1. The van der Waals surface area contributed by atoms with Crippen LogP contribution in [0.3, 0.4) is 0 Å². The van der Waals surface area contributed by atoms with Gasteiger partial charge in [0.25, 0.3) is 0 Å². The van der Waals surface area contributed by atoms with E-state index in [9.17, 15) is 19.6 Å². The second kappa shape index (κ2) is 13.0. The van der Waals surface area contributed by atoms with E-state index < -0.39 is 10.8 Å². The van der Waals surface area contributed by atoms with Gasteiger partial charge in [-0.2, -0.15) is 5.26 Å². The van der Waals surface area contributed by atoms with E-state index in [4.69, 9.17) is 0 Å². The average Bonchev–Trinajstić information content (AvgIpc) is 2.96. The molecule has 4 rings (SSSR count). The van der Waals surface area contributed by atoms with Crippen molar-refractivity contribution in [2.24, 2.45) is 44.3 Å². The summed E-state index contributed by atoms with van der Waals surface area (Å²) in [6.45, 7) is 22.1. The van der Waals surface area contributed by atoms with Gasteiger partial charge in [-0.05, 0) is 111 Å². The number of carbonyl (C=O) groups is 3. The Morgan fingerprint density at radius 1 is 1.00 bits per heavy atom. The zero-order valence-corrected chi connectivity index (χ0v) is 31.0. The van der Waals surface area contributed by atoms with E-state index in [0.29, 0.717) is 23.8 Å². The highest BCUT2D eigenvalue weighted by molar-refractivity contribution is 6.04. The van der Waals surface area contributed by atoms with Gasteiger partial charge in [0.1, 0.15) is 6.07 Å². The number of ketones is 2. The highest BCUT2D eigenvalue weighted by Crippen LogP contribution is 2.67. The Labute approximate surface area is 280 Å². The van der Waals surface area contributed by atoms with Crippen LogP contribution in [-0.4, -0.2) is 23.5 Å². The maximum absolute atomic E-state index is 13.4. The standard InChI is InChI=1S/C41H64N2O3/c1-28-25-36(3,4)20-22-41(28,19-17-34(45)43-31-14-12-11-13-15-31)23-21-37(5,6)40(10)18-16-32-38(7,8)35(46)30(27-42)26-39(32,9)33(40)24-29(2)44/h24,26,28,31-32H,11-23,25H2,1-10H3,(H,43,45)/b33-24-/t28?,32-,39-,40+,41+/m0/s1. The number of allylic oxidation sites excluding steroid dienone is 4. The molecule has 0 aromatic heterocycles. The summed E-state index contributed by atoms with van der Waals surface area (Å²) >= 11 is 0. The monoisotopic (exact) mass is 632 g/mol. The molecule has 5 atom stereocenters. The lowest BCUT2D eigenvalue weighted by Gasteiger charge is -2.61. The Morgan fingerprint density at radius 2 is 1.65 bits per heavy atom. The second-order valence-electron chi connectivity index (χ2n) is 18.5. The smallest absolute Gasteiger partial charge is 0.220 e. The number of hydrogen-bond donors (Lipinski definition) is 1. The quantitative estimate of drug-likeness (QED) is 0.256. The Bertz CT molecular complexity index is 1300. The number of hydrogen-bond acceptors (Lipinski definition) is 4. The minimum absolute atomic E-state index is 0.0177. The van der Waals surface area contributed by atoms with Crippen molar-refractivity contribution in [2.75, 3.05) is 0 Å². The first-order valence-corrected chi connectivity index (χ1v) is 18.4.